The Morgan fingerprint density at radius 3 is 2.35 bits per heavy atom. The van der Waals surface area contributed by atoms with Crippen molar-refractivity contribution in [2.45, 2.75) is 51.5 Å². The molecule has 1 aromatic heterocycles. The van der Waals surface area contributed by atoms with Crippen LogP contribution in [0, 0.1) is 0 Å². The topological polar surface area (TPSA) is 67.6 Å². The molecule has 0 atom stereocenters. The summed E-state index contributed by atoms with van der Waals surface area (Å²) in [6.45, 7) is 4.00. The standard InChI is InChI=1S/C14H18N4.C2H6/c15-12-8-6-11(7-9-12)14-16-13(17-18-14)10-4-2-1-3-5-10;1-2/h1-5,11-12H,6-9,15H2,(H,16,17,18);1-2H3. The van der Waals surface area contributed by atoms with Gasteiger partial charge < -0.3 is 5.73 Å². The average Bonchev–Trinajstić information content (AvgIpc) is 3.01. The first-order valence-electron chi connectivity index (χ1n) is 7.56. The molecule has 1 saturated carbocycles. The summed E-state index contributed by atoms with van der Waals surface area (Å²) in [5.41, 5.74) is 6.99. The third-order valence-corrected chi connectivity index (χ3v) is 3.69. The van der Waals surface area contributed by atoms with E-state index in [1.807, 2.05) is 44.2 Å². The SMILES string of the molecule is CC.NC1CCC(c2nc(-c3ccccc3)n[nH]2)CC1. The molecule has 1 aromatic carbocycles. The van der Waals surface area contributed by atoms with Crippen molar-refractivity contribution in [1.29, 1.82) is 0 Å². The summed E-state index contributed by atoms with van der Waals surface area (Å²) in [7, 11) is 0. The van der Waals surface area contributed by atoms with Gasteiger partial charge in [-0.3, -0.25) is 5.10 Å². The van der Waals surface area contributed by atoms with E-state index in [2.05, 4.69) is 15.2 Å². The van der Waals surface area contributed by atoms with Crippen molar-refractivity contribution in [3.8, 4) is 11.4 Å². The Morgan fingerprint density at radius 2 is 1.70 bits per heavy atom. The van der Waals surface area contributed by atoms with E-state index in [9.17, 15) is 0 Å². The Labute approximate surface area is 120 Å². The Bertz CT molecular complexity index is 498. The van der Waals surface area contributed by atoms with Gasteiger partial charge in [-0.05, 0) is 25.7 Å². The molecule has 108 valence electrons. The summed E-state index contributed by atoms with van der Waals surface area (Å²) in [6, 6.07) is 10.4. The van der Waals surface area contributed by atoms with Gasteiger partial charge in [-0.1, -0.05) is 44.2 Å². The number of nitrogens with two attached hydrogens (primary N) is 1. The molecule has 0 amide bonds. The number of aromatic nitrogens is 3. The van der Waals surface area contributed by atoms with E-state index in [-0.39, 0.29) is 0 Å². The van der Waals surface area contributed by atoms with Gasteiger partial charge in [0, 0.05) is 17.5 Å². The largest absolute Gasteiger partial charge is 0.328 e. The van der Waals surface area contributed by atoms with Crippen molar-refractivity contribution in [2.24, 2.45) is 5.73 Å². The predicted molar refractivity (Wildman–Crippen MR) is 82.4 cm³/mol. The second-order valence-corrected chi connectivity index (χ2v) is 5.02. The molecule has 1 fully saturated rings. The minimum absolute atomic E-state index is 0.373. The average molecular weight is 272 g/mol. The van der Waals surface area contributed by atoms with E-state index in [0.29, 0.717) is 12.0 Å². The van der Waals surface area contributed by atoms with Gasteiger partial charge in [0.1, 0.15) is 5.82 Å². The monoisotopic (exact) mass is 272 g/mol. The third kappa shape index (κ3) is 3.45. The van der Waals surface area contributed by atoms with Crippen LogP contribution < -0.4 is 5.73 Å². The summed E-state index contributed by atoms with van der Waals surface area (Å²) in [5, 5.41) is 7.40. The van der Waals surface area contributed by atoms with Crippen molar-refractivity contribution in [3.05, 3.63) is 36.2 Å². The third-order valence-electron chi connectivity index (χ3n) is 3.69. The Kier molecular flexibility index (Phi) is 5.30. The highest BCUT2D eigenvalue weighted by atomic mass is 15.2. The van der Waals surface area contributed by atoms with Crippen LogP contribution in [0.25, 0.3) is 11.4 Å². The molecular weight excluding hydrogens is 248 g/mol. The van der Waals surface area contributed by atoms with Crippen molar-refractivity contribution in [3.63, 3.8) is 0 Å². The van der Waals surface area contributed by atoms with E-state index in [1.165, 1.54) is 0 Å². The highest BCUT2D eigenvalue weighted by Crippen LogP contribution is 2.30. The van der Waals surface area contributed by atoms with Crippen LogP contribution in [-0.4, -0.2) is 21.2 Å². The molecule has 3 N–H and O–H groups in total. The van der Waals surface area contributed by atoms with Gasteiger partial charge in [0.2, 0.25) is 0 Å². The Morgan fingerprint density at radius 1 is 1.05 bits per heavy atom. The van der Waals surface area contributed by atoms with Crippen molar-refractivity contribution >= 4 is 0 Å². The van der Waals surface area contributed by atoms with Gasteiger partial charge in [0.05, 0.1) is 0 Å². The van der Waals surface area contributed by atoms with Gasteiger partial charge in [-0.2, -0.15) is 5.10 Å². The molecule has 0 radical (unpaired) electrons. The highest BCUT2D eigenvalue weighted by molar-refractivity contribution is 5.53. The van der Waals surface area contributed by atoms with E-state index in [0.717, 1.165) is 42.9 Å². The lowest BCUT2D eigenvalue weighted by Gasteiger charge is -2.23. The molecule has 1 aliphatic carbocycles. The second kappa shape index (κ2) is 7.20. The van der Waals surface area contributed by atoms with E-state index < -0.39 is 0 Å². The van der Waals surface area contributed by atoms with Gasteiger partial charge in [-0.25, -0.2) is 4.98 Å². The van der Waals surface area contributed by atoms with E-state index in [4.69, 9.17) is 5.73 Å². The Hall–Kier alpha value is -1.68. The molecule has 3 rings (SSSR count). The number of nitrogens with one attached hydrogen (secondary N) is 1. The second-order valence-electron chi connectivity index (χ2n) is 5.02. The van der Waals surface area contributed by atoms with Crippen LogP contribution in [0.3, 0.4) is 0 Å². The summed E-state index contributed by atoms with van der Waals surface area (Å²) in [6.07, 6.45) is 4.41. The molecule has 1 aliphatic rings. The maximum absolute atomic E-state index is 5.93. The minimum Gasteiger partial charge on any atom is -0.328 e. The first-order valence-corrected chi connectivity index (χ1v) is 7.56. The highest BCUT2D eigenvalue weighted by Gasteiger charge is 2.22. The van der Waals surface area contributed by atoms with Crippen molar-refractivity contribution < 1.29 is 0 Å². The molecule has 20 heavy (non-hydrogen) atoms. The number of H-pyrrole nitrogens is 1. The fraction of sp³-hybridized carbons (Fsp3) is 0.500. The lowest BCUT2D eigenvalue weighted by atomic mass is 9.86. The summed E-state index contributed by atoms with van der Waals surface area (Å²) in [5.74, 6) is 2.30. The van der Waals surface area contributed by atoms with Crippen molar-refractivity contribution in [1.82, 2.24) is 15.2 Å². The first-order chi connectivity index (χ1) is 9.83. The van der Waals surface area contributed by atoms with Crippen LogP contribution in [0.15, 0.2) is 30.3 Å². The zero-order chi connectivity index (χ0) is 14.4. The molecule has 0 bridgehead atoms. The first kappa shape index (κ1) is 14.7. The zero-order valence-corrected chi connectivity index (χ0v) is 12.3. The molecule has 2 aromatic rings. The molecular formula is C16H24N4. The molecule has 0 aliphatic heterocycles. The normalized spacial score (nSPS) is 21.9. The molecule has 0 spiro atoms. The maximum Gasteiger partial charge on any atom is 0.181 e. The fourth-order valence-electron chi connectivity index (χ4n) is 2.57. The fourth-order valence-corrected chi connectivity index (χ4v) is 2.57. The van der Waals surface area contributed by atoms with Crippen LogP contribution in [0.5, 0.6) is 0 Å². The number of nitrogens with zero attached hydrogens (tertiary/aromatic N) is 2. The molecule has 4 heteroatoms. The molecule has 0 saturated heterocycles. The summed E-state index contributed by atoms with van der Waals surface area (Å²) >= 11 is 0. The Balaban J connectivity index is 0.000000704. The smallest absolute Gasteiger partial charge is 0.181 e. The summed E-state index contributed by atoms with van der Waals surface area (Å²) < 4.78 is 0. The van der Waals surface area contributed by atoms with Gasteiger partial charge in [0.25, 0.3) is 0 Å². The van der Waals surface area contributed by atoms with E-state index >= 15 is 0 Å². The maximum atomic E-state index is 5.93. The lowest BCUT2D eigenvalue weighted by molar-refractivity contribution is 0.385. The van der Waals surface area contributed by atoms with Gasteiger partial charge >= 0.3 is 0 Å². The lowest BCUT2D eigenvalue weighted by Crippen LogP contribution is -2.26. The number of aromatic amines is 1. The molecule has 0 unspecified atom stereocenters. The predicted octanol–water partition coefficient (Wildman–Crippen LogP) is 3.48. The van der Waals surface area contributed by atoms with Crippen LogP contribution in [0.1, 0.15) is 51.3 Å². The number of hydrogen-bond acceptors (Lipinski definition) is 3. The van der Waals surface area contributed by atoms with Crippen LogP contribution in [0.4, 0.5) is 0 Å². The van der Waals surface area contributed by atoms with Crippen LogP contribution >= 0.6 is 0 Å². The number of rotatable bonds is 2. The summed E-state index contributed by atoms with van der Waals surface area (Å²) in [4.78, 5) is 4.62. The number of hydrogen-bond donors (Lipinski definition) is 2. The van der Waals surface area contributed by atoms with Gasteiger partial charge in [0.15, 0.2) is 5.82 Å². The van der Waals surface area contributed by atoms with Crippen LogP contribution in [-0.2, 0) is 0 Å². The van der Waals surface area contributed by atoms with Crippen LogP contribution in [0.2, 0.25) is 0 Å². The van der Waals surface area contributed by atoms with Gasteiger partial charge in [-0.15, -0.1) is 0 Å². The van der Waals surface area contributed by atoms with Crippen molar-refractivity contribution in [2.75, 3.05) is 0 Å². The minimum atomic E-state index is 0.373. The number of benzene rings is 1. The zero-order valence-electron chi connectivity index (χ0n) is 12.3. The molecule has 4 nitrogen and oxygen atoms in total. The molecule has 1 heterocycles. The van der Waals surface area contributed by atoms with E-state index in [1.54, 1.807) is 0 Å². The quantitative estimate of drug-likeness (QED) is 0.879.